The summed E-state index contributed by atoms with van der Waals surface area (Å²) in [6.45, 7) is 2.04. The Bertz CT molecular complexity index is 295. The first-order chi connectivity index (χ1) is 6.16. The van der Waals surface area contributed by atoms with E-state index in [0.717, 1.165) is 0 Å². The van der Waals surface area contributed by atoms with E-state index < -0.39 is 13.1 Å². The van der Waals surface area contributed by atoms with Crippen molar-refractivity contribution in [3.05, 3.63) is 18.2 Å². The van der Waals surface area contributed by atoms with E-state index in [0.29, 0.717) is 6.61 Å². The Morgan fingerprint density at radius 2 is 2.31 bits per heavy atom. The Balaban J connectivity index is 3.10. The highest BCUT2D eigenvalue weighted by molar-refractivity contribution is 6.59. The largest absolute Gasteiger partial charge is 0.497 e. The zero-order valence-corrected chi connectivity index (χ0v) is 7.07. The average molecular weight is 185 g/mol. The Kier molecular flexibility index (Phi) is 3.22. The van der Waals surface area contributed by atoms with Crippen LogP contribution >= 0.6 is 0 Å². The number of hydrogen-bond donors (Lipinski definition) is 2. The highest BCUT2D eigenvalue weighted by atomic mass is 19.1. The van der Waals surface area contributed by atoms with Crippen LogP contribution in [0.5, 0.6) is 5.75 Å². The summed E-state index contributed by atoms with van der Waals surface area (Å²) >= 11 is 0. The van der Waals surface area contributed by atoms with E-state index in [4.69, 9.17) is 14.8 Å². The topological polar surface area (TPSA) is 62.6 Å². The summed E-state index contributed by atoms with van der Waals surface area (Å²) in [5.41, 5.74) is -0.329. The van der Waals surface area contributed by atoms with Crippen molar-refractivity contribution in [3.8, 4) is 5.75 Å². The van der Waals surface area contributed by atoms with E-state index in [1.54, 1.807) is 6.92 Å². The molecule has 2 N–H and O–H groups in total. The van der Waals surface area contributed by atoms with Gasteiger partial charge in [0.1, 0.15) is 5.75 Å². The van der Waals surface area contributed by atoms with Crippen LogP contribution in [0.15, 0.2) is 12.3 Å². The summed E-state index contributed by atoms with van der Waals surface area (Å²) in [7, 11) is -1.91. The maximum atomic E-state index is 12.9. The number of ether oxygens (including phenoxy) is 1. The first kappa shape index (κ1) is 9.95. The lowest BCUT2D eigenvalue weighted by molar-refractivity contribution is 0.337. The first-order valence-corrected chi connectivity index (χ1v) is 3.80. The predicted octanol–water partition coefficient (Wildman–Crippen LogP) is -0.701. The Morgan fingerprint density at radius 1 is 1.62 bits per heavy atom. The third-order valence-corrected chi connectivity index (χ3v) is 1.46. The molecule has 1 rings (SSSR count). The number of aromatic nitrogens is 1. The smallest absolute Gasteiger partial charge is 0.494 e. The summed E-state index contributed by atoms with van der Waals surface area (Å²) in [6, 6.07) is 1.38. The van der Waals surface area contributed by atoms with Gasteiger partial charge in [0.2, 0.25) is 5.95 Å². The molecule has 0 spiro atoms. The molecule has 0 saturated heterocycles. The second-order valence-electron chi connectivity index (χ2n) is 2.32. The van der Waals surface area contributed by atoms with Gasteiger partial charge in [-0.1, -0.05) is 0 Å². The monoisotopic (exact) mass is 185 g/mol. The van der Waals surface area contributed by atoms with Crippen LogP contribution in [0, 0.1) is 5.95 Å². The quantitative estimate of drug-likeness (QED) is 0.482. The summed E-state index contributed by atoms with van der Waals surface area (Å²) in [6.07, 6.45) is 1.20. The number of nitrogens with zero attached hydrogens (tertiary/aromatic N) is 1. The highest BCUT2D eigenvalue weighted by Gasteiger charge is 2.22. The van der Waals surface area contributed by atoms with Gasteiger partial charge in [0.15, 0.2) is 0 Å². The maximum absolute atomic E-state index is 12.9. The molecule has 0 fully saturated rings. The van der Waals surface area contributed by atoms with Crippen molar-refractivity contribution in [3.63, 3.8) is 0 Å². The van der Waals surface area contributed by atoms with Crippen molar-refractivity contribution in [2.45, 2.75) is 6.92 Å². The molecule has 1 aromatic rings. The number of pyridine rings is 1. The lowest BCUT2D eigenvalue weighted by atomic mass is 9.80. The van der Waals surface area contributed by atoms with Crippen LogP contribution < -0.4 is 10.2 Å². The van der Waals surface area contributed by atoms with E-state index in [-0.39, 0.29) is 11.2 Å². The van der Waals surface area contributed by atoms with Crippen LogP contribution in [0.4, 0.5) is 4.39 Å². The molecular formula is C7H9BFNO3. The molecule has 70 valence electrons. The molecule has 0 atom stereocenters. The molecule has 13 heavy (non-hydrogen) atoms. The second-order valence-corrected chi connectivity index (χ2v) is 2.32. The van der Waals surface area contributed by atoms with Crippen LogP contribution in [0.3, 0.4) is 0 Å². The van der Waals surface area contributed by atoms with E-state index >= 15 is 0 Å². The van der Waals surface area contributed by atoms with Gasteiger partial charge in [-0.3, -0.25) is 0 Å². The second kappa shape index (κ2) is 4.20. The average Bonchev–Trinajstić information content (AvgIpc) is 2.04. The van der Waals surface area contributed by atoms with Crippen molar-refractivity contribution in [2.24, 2.45) is 0 Å². The molecule has 1 aromatic heterocycles. The standard InChI is InChI=1S/C7H9BFNO3/c1-2-13-5-3-4-10-7(9)6(5)8(11)12/h3-4,11-12H,2H2,1H3. The first-order valence-electron chi connectivity index (χ1n) is 3.80. The molecule has 1 heterocycles. The number of hydrogen-bond acceptors (Lipinski definition) is 4. The summed E-state index contributed by atoms with van der Waals surface area (Å²) in [4.78, 5) is 3.28. The van der Waals surface area contributed by atoms with Crippen LogP contribution in [-0.4, -0.2) is 28.8 Å². The lowest BCUT2D eigenvalue weighted by Crippen LogP contribution is -2.35. The summed E-state index contributed by atoms with van der Waals surface area (Å²) < 4.78 is 17.9. The maximum Gasteiger partial charge on any atom is 0.497 e. The fourth-order valence-electron chi connectivity index (χ4n) is 0.947. The van der Waals surface area contributed by atoms with Crippen LogP contribution in [0.1, 0.15) is 6.92 Å². The van der Waals surface area contributed by atoms with Gasteiger partial charge in [-0.25, -0.2) is 4.98 Å². The molecule has 4 nitrogen and oxygen atoms in total. The molecule has 0 aliphatic carbocycles. The number of rotatable bonds is 3. The molecule has 0 aromatic carbocycles. The fraction of sp³-hybridized carbons (Fsp3) is 0.286. The normalized spacial score (nSPS) is 9.85. The molecule has 0 aliphatic rings. The van der Waals surface area contributed by atoms with Crippen molar-refractivity contribution in [1.29, 1.82) is 0 Å². The van der Waals surface area contributed by atoms with Crippen molar-refractivity contribution < 1.29 is 19.2 Å². The van der Waals surface area contributed by atoms with Gasteiger partial charge < -0.3 is 14.8 Å². The Labute approximate surface area is 75.1 Å². The van der Waals surface area contributed by atoms with E-state index in [2.05, 4.69) is 4.98 Å². The molecule has 0 bridgehead atoms. The molecule has 0 radical (unpaired) electrons. The van der Waals surface area contributed by atoms with Crippen molar-refractivity contribution in [1.82, 2.24) is 4.98 Å². The number of halogens is 1. The van der Waals surface area contributed by atoms with Gasteiger partial charge in [-0.05, 0) is 13.0 Å². The minimum Gasteiger partial charge on any atom is -0.494 e. The molecule has 0 aliphatic heterocycles. The van der Waals surface area contributed by atoms with Gasteiger partial charge in [0, 0.05) is 6.20 Å². The van der Waals surface area contributed by atoms with Crippen LogP contribution in [-0.2, 0) is 0 Å². The van der Waals surface area contributed by atoms with Gasteiger partial charge >= 0.3 is 7.12 Å². The minimum absolute atomic E-state index is 0.102. The van der Waals surface area contributed by atoms with Gasteiger partial charge in [-0.15, -0.1) is 0 Å². The summed E-state index contributed by atoms with van der Waals surface area (Å²) in [5, 5.41) is 17.6. The molecular weight excluding hydrogens is 176 g/mol. The molecule has 0 saturated carbocycles. The molecule has 0 unspecified atom stereocenters. The van der Waals surface area contributed by atoms with E-state index in [1.165, 1.54) is 12.3 Å². The third kappa shape index (κ3) is 2.16. The van der Waals surface area contributed by atoms with Gasteiger partial charge in [-0.2, -0.15) is 4.39 Å². The summed E-state index contributed by atoms with van der Waals surface area (Å²) in [5.74, 6) is -0.828. The van der Waals surface area contributed by atoms with Gasteiger partial charge in [0.05, 0.1) is 12.1 Å². The molecule has 0 amide bonds. The predicted molar refractivity (Wildman–Crippen MR) is 45.2 cm³/mol. The SMILES string of the molecule is CCOc1ccnc(F)c1B(O)O. The van der Waals surface area contributed by atoms with Crippen LogP contribution in [0.2, 0.25) is 0 Å². The van der Waals surface area contributed by atoms with Crippen molar-refractivity contribution in [2.75, 3.05) is 6.61 Å². The van der Waals surface area contributed by atoms with Gasteiger partial charge in [0.25, 0.3) is 0 Å². The van der Waals surface area contributed by atoms with Crippen molar-refractivity contribution >= 4 is 12.6 Å². The zero-order chi connectivity index (χ0) is 9.84. The van der Waals surface area contributed by atoms with E-state index in [1.807, 2.05) is 0 Å². The van der Waals surface area contributed by atoms with Crippen LogP contribution in [0.25, 0.3) is 0 Å². The molecule has 6 heteroatoms. The minimum atomic E-state index is -1.91. The Morgan fingerprint density at radius 3 is 2.85 bits per heavy atom. The lowest BCUT2D eigenvalue weighted by Gasteiger charge is -2.08. The third-order valence-electron chi connectivity index (χ3n) is 1.46. The Hall–Kier alpha value is -1.14. The highest BCUT2D eigenvalue weighted by Crippen LogP contribution is 2.07. The fourth-order valence-corrected chi connectivity index (χ4v) is 0.947. The zero-order valence-electron chi connectivity index (χ0n) is 7.07. The van der Waals surface area contributed by atoms with E-state index in [9.17, 15) is 4.39 Å².